The van der Waals surface area contributed by atoms with Gasteiger partial charge in [0.2, 0.25) is 0 Å². The minimum atomic E-state index is -0.112. The van der Waals surface area contributed by atoms with Crippen molar-refractivity contribution >= 4 is 6.21 Å². The predicted octanol–water partition coefficient (Wildman–Crippen LogP) is 2.56. The van der Waals surface area contributed by atoms with Crippen LogP contribution in [-0.2, 0) is 10.3 Å². The molecule has 0 fully saturated rings. The zero-order valence-corrected chi connectivity index (χ0v) is 9.27. The van der Waals surface area contributed by atoms with Crippen LogP contribution in [0.5, 0.6) is 0 Å². The maximum absolute atomic E-state index is 5.07. The Morgan fingerprint density at radius 3 is 2.27 bits per heavy atom. The maximum atomic E-state index is 5.07. The summed E-state index contributed by atoms with van der Waals surface area (Å²) in [6, 6.07) is 8.39. The maximum Gasteiger partial charge on any atom is 0.152 e. The highest BCUT2D eigenvalue weighted by atomic mass is 16.7. The first kappa shape index (κ1) is 10.2. The third-order valence-electron chi connectivity index (χ3n) is 2.52. The number of benzene rings is 1. The van der Waals surface area contributed by atoms with Crippen LogP contribution in [0.25, 0.3) is 0 Å². The molecule has 1 aromatic carbocycles. The van der Waals surface area contributed by atoms with E-state index >= 15 is 0 Å². The molecule has 1 aliphatic rings. The molecule has 3 heteroatoms. The monoisotopic (exact) mass is 203 g/mol. The molecule has 0 amide bonds. The Bertz CT molecular complexity index is 362. The van der Waals surface area contributed by atoms with Gasteiger partial charge in [0.05, 0.1) is 6.21 Å². The van der Waals surface area contributed by atoms with E-state index in [0.717, 1.165) is 5.56 Å². The van der Waals surface area contributed by atoms with Crippen molar-refractivity contribution in [3.8, 4) is 0 Å². The molecule has 1 unspecified atom stereocenters. The molecule has 0 aliphatic carbocycles. The van der Waals surface area contributed by atoms with E-state index in [1.165, 1.54) is 5.56 Å². The Kier molecular flexibility index (Phi) is 2.49. The fourth-order valence-electron chi connectivity index (χ4n) is 1.51. The molecule has 0 aromatic heterocycles. The lowest BCUT2D eigenvalue weighted by atomic mass is 9.86. The standard InChI is InChI=1S/C12H15N2O/c1-12(2,3)10-6-4-9(5-7-10)11-8-13-14-15-11/h4-8,11H,1-3H3. The number of nitrogens with zero attached hydrogens (tertiary/aromatic N) is 2. The second-order valence-corrected chi connectivity index (χ2v) is 4.74. The van der Waals surface area contributed by atoms with Crippen LogP contribution >= 0.6 is 0 Å². The summed E-state index contributed by atoms with van der Waals surface area (Å²) in [5.74, 6) is 0. The van der Waals surface area contributed by atoms with Gasteiger partial charge in [-0.15, -0.1) is 5.10 Å². The van der Waals surface area contributed by atoms with Crippen LogP contribution in [0.15, 0.2) is 29.4 Å². The Balaban J connectivity index is 2.20. The fraction of sp³-hybridized carbons (Fsp3) is 0.417. The molecular formula is C12H15N2O. The summed E-state index contributed by atoms with van der Waals surface area (Å²) in [5, 5.41) is 3.69. The van der Waals surface area contributed by atoms with Gasteiger partial charge in [-0.3, -0.25) is 0 Å². The van der Waals surface area contributed by atoms with Gasteiger partial charge in [-0.25, -0.2) is 4.84 Å². The third kappa shape index (κ3) is 2.18. The smallest absolute Gasteiger partial charge is 0.152 e. The molecule has 1 aliphatic heterocycles. The van der Waals surface area contributed by atoms with E-state index in [-0.39, 0.29) is 11.5 Å². The fourth-order valence-corrected chi connectivity index (χ4v) is 1.51. The summed E-state index contributed by atoms with van der Waals surface area (Å²) in [5.41, 5.74) is 6.08. The molecule has 0 N–H and O–H groups in total. The summed E-state index contributed by atoms with van der Waals surface area (Å²) >= 11 is 0. The van der Waals surface area contributed by atoms with E-state index in [9.17, 15) is 0 Å². The Labute approximate surface area is 90.1 Å². The lowest BCUT2D eigenvalue weighted by molar-refractivity contribution is 0.0275. The van der Waals surface area contributed by atoms with Gasteiger partial charge >= 0.3 is 0 Å². The van der Waals surface area contributed by atoms with Crippen LogP contribution in [-0.4, -0.2) is 6.21 Å². The van der Waals surface area contributed by atoms with Crippen molar-refractivity contribution in [2.75, 3.05) is 0 Å². The van der Waals surface area contributed by atoms with Gasteiger partial charge in [-0.1, -0.05) is 45.0 Å². The molecule has 0 bridgehead atoms. The summed E-state index contributed by atoms with van der Waals surface area (Å²) < 4.78 is 0. The molecule has 0 saturated heterocycles. The van der Waals surface area contributed by atoms with E-state index in [1.807, 2.05) is 0 Å². The van der Waals surface area contributed by atoms with Gasteiger partial charge in [0.25, 0.3) is 0 Å². The highest BCUT2D eigenvalue weighted by molar-refractivity contribution is 5.66. The third-order valence-corrected chi connectivity index (χ3v) is 2.52. The van der Waals surface area contributed by atoms with Crippen molar-refractivity contribution < 1.29 is 4.84 Å². The van der Waals surface area contributed by atoms with Crippen LogP contribution < -0.4 is 5.59 Å². The van der Waals surface area contributed by atoms with Crippen molar-refractivity contribution in [2.24, 2.45) is 5.10 Å². The minimum absolute atomic E-state index is 0.112. The zero-order chi connectivity index (χ0) is 10.9. The van der Waals surface area contributed by atoms with Gasteiger partial charge < -0.3 is 0 Å². The molecular weight excluding hydrogens is 188 g/mol. The second kappa shape index (κ2) is 3.66. The van der Waals surface area contributed by atoms with Gasteiger partial charge in [-0.2, -0.15) is 0 Å². The van der Waals surface area contributed by atoms with Gasteiger partial charge in [0.1, 0.15) is 0 Å². The van der Waals surface area contributed by atoms with E-state index in [1.54, 1.807) is 6.21 Å². The lowest BCUT2D eigenvalue weighted by Gasteiger charge is -2.19. The van der Waals surface area contributed by atoms with Crippen LogP contribution in [0.1, 0.15) is 38.0 Å². The molecule has 3 nitrogen and oxygen atoms in total. The molecule has 2 rings (SSSR count). The average Bonchev–Trinajstić information content (AvgIpc) is 2.69. The lowest BCUT2D eigenvalue weighted by Crippen LogP contribution is -2.11. The van der Waals surface area contributed by atoms with E-state index in [0.29, 0.717) is 0 Å². The topological polar surface area (TPSA) is 35.7 Å². The number of hydrogen-bond acceptors (Lipinski definition) is 2. The van der Waals surface area contributed by atoms with Crippen molar-refractivity contribution in [1.82, 2.24) is 5.59 Å². The zero-order valence-electron chi connectivity index (χ0n) is 9.27. The van der Waals surface area contributed by atoms with E-state index < -0.39 is 0 Å². The minimum Gasteiger partial charge on any atom is -0.220 e. The molecule has 1 atom stereocenters. The molecule has 79 valence electrons. The summed E-state index contributed by atoms with van der Waals surface area (Å²) in [6.07, 6.45) is 1.59. The average molecular weight is 203 g/mol. The highest BCUT2D eigenvalue weighted by Gasteiger charge is 2.17. The Hall–Kier alpha value is -1.35. The number of rotatable bonds is 1. The summed E-state index contributed by atoms with van der Waals surface area (Å²) in [4.78, 5) is 5.07. The largest absolute Gasteiger partial charge is 0.220 e. The van der Waals surface area contributed by atoms with Crippen LogP contribution in [0.2, 0.25) is 0 Å². The Morgan fingerprint density at radius 2 is 1.80 bits per heavy atom. The van der Waals surface area contributed by atoms with Crippen molar-refractivity contribution in [1.29, 1.82) is 0 Å². The van der Waals surface area contributed by atoms with Gasteiger partial charge in [0, 0.05) is 0 Å². The first-order valence-corrected chi connectivity index (χ1v) is 5.07. The summed E-state index contributed by atoms with van der Waals surface area (Å²) in [6.45, 7) is 6.60. The molecule has 0 saturated carbocycles. The van der Waals surface area contributed by atoms with Gasteiger partial charge in [-0.05, 0) is 22.1 Å². The van der Waals surface area contributed by atoms with Crippen LogP contribution in [0, 0.1) is 0 Å². The van der Waals surface area contributed by atoms with Gasteiger partial charge in [0.15, 0.2) is 6.10 Å². The highest BCUT2D eigenvalue weighted by Crippen LogP contribution is 2.25. The molecule has 1 radical (unpaired) electrons. The van der Waals surface area contributed by atoms with E-state index in [2.05, 4.69) is 55.7 Å². The number of hydrogen-bond donors (Lipinski definition) is 0. The quantitative estimate of drug-likeness (QED) is 0.691. The molecule has 1 aromatic rings. The van der Waals surface area contributed by atoms with Crippen molar-refractivity contribution in [2.45, 2.75) is 32.3 Å². The van der Waals surface area contributed by atoms with Crippen LogP contribution in [0.4, 0.5) is 0 Å². The van der Waals surface area contributed by atoms with Crippen molar-refractivity contribution in [3.05, 3.63) is 35.4 Å². The SMILES string of the molecule is CC(C)(C)c1ccc(C2C=N[N]O2)cc1. The first-order valence-electron chi connectivity index (χ1n) is 5.07. The van der Waals surface area contributed by atoms with Crippen LogP contribution in [0.3, 0.4) is 0 Å². The second-order valence-electron chi connectivity index (χ2n) is 4.74. The first-order chi connectivity index (χ1) is 7.07. The molecule has 15 heavy (non-hydrogen) atoms. The normalized spacial score (nSPS) is 20.3. The van der Waals surface area contributed by atoms with Crippen molar-refractivity contribution in [3.63, 3.8) is 0 Å². The van der Waals surface area contributed by atoms with E-state index in [4.69, 9.17) is 4.84 Å². The summed E-state index contributed by atoms with van der Waals surface area (Å²) in [7, 11) is 0. The predicted molar refractivity (Wildman–Crippen MR) is 59.6 cm³/mol. The molecule has 0 spiro atoms. The Morgan fingerprint density at radius 1 is 1.13 bits per heavy atom. The molecule has 1 heterocycles.